The minimum atomic E-state index is -0.644. The van der Waals surface area contributed by atoms with E-state index in [1.165, 1.54) is 0 Å². The fraction of sp³-hybridized carbons (Fsp3) is 0.440. The smallest absolute Gasteiger partial charge is 0.251 e. The maximum atomic E-state index is 12.8. The summed E-state index contributed by atoms with van der Waals surface area (Å²) in [5, 5.41) is 5.78. The second-order valence-electron chi connectivity index (χ2n) is 8.93. The summed E-state index contributed by atoms with van der Waals surface area (Å²) in [4.78, 5) is 25.5. The quantitative estimate of drug-likeness (QED) is 0.667. The van der Waals surface area contributed by atoms with Crippen molar-refractivity contribution >= 4 is 11.8 Å². The lowest BCUT2D eigenvalue weighted by molar-refractivity contribution is -0.124. The first-order valence-electron chi connectivity index (χ1n) is 10.5. The van der Waals surface area contributed by atoms with E-state index in [1.807, 2.05) is 38.1 Å². The van der Waals surface area contributed by atoms with Crippen molar-refractivity contribution in [3.05, 3.63) is 59.2 Å². The van der Waals surface area contributed by atoms with Crippen LogP contribution in [0.3, 0.4) is 0 Å². The van der Waals surface area contributed by atoms with Gasteiger partial charge in [0.25, 0.3) is 5.91 Å². The van der Waals surface area contributed by atoms with Gasteiger partial charge in [0.05, 0.1) is 14.2 Å². The molecule has 2 aromatic rings. The first-order chi connectivity index (χ1) is 14.6. The van der Waals surface area contributed by atoms with E-state index in [4.69, 9.17) is 9.47 Å². The van der Waals surface area contributed by atoms with Crippen LogP contribution in [0.25, 0.3) is 0 Å². The normalized spacial score (nSPS) is 12.3. The zero-order valence-electron chi connectivity index (χ0n) is 19.5. The molecule has 6 heteroatoms. The average Bonchev–Trinajstić information content (AvgIpc) is 2.74. The van der Waals surface area contributed by atoms with Crippen LogP contribution in [-0.2, 0) is 16.8 Å². The summed E-state index contributed by atoms with van der Waals surface area (Å²) in [6.07, 6.45) is 0. The SMILES string of the molecule is COc1ccc(CNC(=O)[C@@H](NC(=O)c2ccc(C(C)(C)C)cc2)C(C)C)cc1OC. The van der Waals surface area contributed by atoms with Crippen LogP contribution in [0.1, 0.15) is 56.1 Å². The topological polar surface area (TPSA) is 76.7 Å². The summed E-state index contributed by atoms with van der Waals surface area (Å²) in [7, 11) is 3.14. The first kappa shape index (κ1) is 24.3. The van der Waals surface area contributed by atoms with E-state index in [2.05, 4.69) is 31.4 Å². The van der Waals surface area contributed by atoms with Gasteiger partial charge >= 0.3 is 0 Å². The van der Waals surface area contributed by atoms with Gasteiger partial charge in [0.15, 0.2) is 11.5 Å². The molecule has 0 bridgehead atoms. The summed E-state index contributed by atoms with van der Waals surface area (Å²) in [5.41, 5.74) is 2.57. The summed E-state index contributed by atoms with van der Waals surface area (Å²) in [6.45, 7) is 10.5. The molecule has 0 radical (unpaired) electrons. The minimum absolute atomic E-state index is 0.0134. The van der Waals surface area contributed by atoms with Crippen LogP contribution in [0, 0.1) is 5.92 Å². The lowest BCUT2D eigenvalue weighted by Gasteiger charge is -2.22. The van der Waals surface area contributed by atoms with Crippen molar-refractivity contribution in [2.45, 2.75) is 52.6 Å². The molecule has 2 rings (SSSR count). The van der Waals surface area contributed by atoms with Gasteiger partial charge in [-0.15, -0.1) is 0 Å². The third kappa shape index (κ3) is 6.48. The lowest BCUT2D eigenvalue weighted by atomic mass is 9.86. The summed E-state index contributed by atoms with van der Waals surface area (Å²) < 4.78 is 10.5. The Kier molecular flexibility index (Phi) is 8.08. The molecule has 2 amide bonds. The molecule has 2 N–H and O–H groups in total. The van der Waals surface area contributed by atoms with Crippen LogP contribution >= 0.6 is 0 Å². The maximum absolute atomic E-state index is 12.8. The van der Waals surface area contributed by atoms with Gasteiger partial charge in [0, 0.05) is 12.1 Å². The Hall–Kier alpha value is -3.02. The highest BCUT2D eigenvalue weighted by Gasteiger charge is 2.25. The molecule has 0 aliphatic rings. The number of carbonyl (C=O) groups is 2. The summed E-state index contributed by atoms with van der Waals surface area (Å²) >= 11 is 0. The number of methoxy groups -OCH3 is 2. The predicted octanol–water partition coefficient (Wildman–Crippen LogP) is 4.07. The number of amides is 2. The van der Waals surface area contributed by atoms with Gasteiger partial charge in [-0.2, -0.15) is 0 Å². The molecule has 0 unspecified atom stereocenters. The Balaban J connectivity index is 2.04. The predicted molar refractivity (Wildman–Crippen MR) is 123 cm³/mol. The molecule has 0 aliphatic carbocycles. The van der Waals surface area contributed by atoms with Crippen LogP contribution in [0.5, 0.6) is 11.5 Å². The molecule has 0 heterocycles. The molecule has 2 aromatic carbocycles. The largest absolute Gasteiger partial charge is 0.493 e. The van der Waals surface area contributed by atoms with Crippen LogP contribution in [-0.4, -0.2) is 32.1 Å². The zero-order chi connectivity index (χ0) is 23.2. The molecular formula is C25H34N2O4. The summed E-state index contributed by atoms with van der Waals surface area (Å²) in [6, 6.07) is 12.3. The van der Waals surface area contributed by atoms with Crippen LogP contribution in [0.4, 0.5) is 0 Å². The molecule has 0 fully saturated rings. The second kappa shape index (κ2) is 10.3. The molecule has 168 valence electrons. The molecule has 6 nitrogen and oxygen atoms in total. The Labute approximate surface area is 185 Å². The van der Waals surface area contributed by atoms with E-state index in [-0.39, 0.29) is 23.1 Å². The Morgan fingerprint density at radius 1 is 0.935 bits per heavy atom. The van der Waals surface area contributed by atoms with Gasteiger partial charge in [-0.25, -0.2) is 0 Å². The fourth-order valence-corrected chi connectivity index (χ4v) is 3.17. The van der Waals surface area contributed by atoms with Crippen LogP contribution < -0.4 is 20.1 Å². The van der Waals surface area contributed by atoms with Gasteiger partial charge in [0.1, 0.15) is 6.04 Å². The maximum Gasteiger partial charge on any atom is 0.251 e. The van der Waals surface area contributed by atoms with Crippen molar-refractivity contribution in [1.82, 2.24) is 10.6 Å². The number of ether oxygens (including phenoxy) is 2. The van der Waals surface area contributed by atoms with Gasteiger partial charge in [0.2, 0.25) is 5.91 Å². The van der Waals surface area contributed by atoms with Crippen molar-refractivity contribution in [3.63, 3.8) is 0 Å². The van der Waals surface area contributed by atoms with Gasteiger partial charge in [-0.1, -0.05) is 52.8 Å². The number of hydrogen-bond acceptors (Lipinski definition) is 4. The van der Waals surface area contributed by atoms with Crippen molar-refractivity contribution in [1.29, 1.82) is 0 Å². The molecule has 0 aromatic heterocycles. The average molecular weight is 427 g/mol. The molecule has 1 atom stereocenters. The van der Waals surface area contributed by atoms with Crippen LogP contribution in [0.15, 0.2) is 42.5 Å². The molecule has 31 heavy (non-hydrogen) atoms. The van der Waals surface area contributed by atoms with Crippen molar-refractivity contribution in [2.75, 3.05) is 14.2 Å². The number of benzene rings is 2. The van der Waals surface area contributed by atoms with Crippen molar-refractivity contribution < 1.29 is 19.1 Å². The highest BCUT2D eigenvalue weighted by atomic mass is 16.5. The monoisotopic (exact) mass is 426 g/mol. The van der Waals surface area contributed by atoms with Crippen molar-refractivity contribution in [3.8, 4) is 11.5 Å². The van der Waals surface area contributed by atoms with E-state index >= 15 is 0 Å². The number of rotatable bonds is 8. The molecule has 0 saturated carbocycles. The Morgan fingerprint density at radius 3 is 2.06 bits per heavy atom. The number of carbonyl (C=O) groups excluding carboxylic acids is 2. The fourth-order valence-electron chi connectivity index (χ4n) is 3.17. The number of nitrogens with one attached hydrogen (secondary N) is 2. The van der Waals surface area contributed by atoms with E-state index in [9.17, 15) is 9.59 Å². The standard InChI is InChI=1S/C25H34N2O4/c1-16(2)22(27-23(28)18-9-11-19(12-10-18)25(3,4)5)24(29)26-15-17-8-13-20(30-6)21(14-17)31-7/h8-14,16,22H,15H2,1-7H3,(H,26,29)(H,27,28)/t22-/m0/s1. The lowest BCUT2D eigenvalue weighted by Crippen LogP contribution is -2.49. The Morgan fingerprint density at radius 2 is 1.55 bits per heavy atom. The van der Waals surface area contributed by atoms with E-state index in [0.717, 1.165) is 11.1 Å². The molecule has 0 saturated heterocycles. The van der Waals surface area contributed by atoms with Crippen LogP contribution in [0.2, 0.25) is 0 Å². The molecular weight excluding hydrogens is 392 g/mol. The highest BCUT2D eigenvalue weighted by Crippen LogP contribution is 2.27. The zero-order valence-corrected chi connectivity index (χ0v) is 19.5. The third-order valence-electron chi connectivity index (χ3n) is 5.16. The highest BCUT2D eigenvalue weighted by molar-refractivity contribution is 5.97. The first-order valence-corrected chi connectivity index (χ1v) is 10.5. The minimum Gasteiger partial charge on any atom is -0.493 e. The molecule has 0 spiro atoms. The molecule has 0 aliphatic heterocycles. The van der Waals surface area contributed by atoms with Gasteiger partial charge in [-0.05, 0) is 46.7 Å². The number of hydrogen-bond donors (Lipinski definition) is 2. The van der Waals surface area contributed by atoms with E-state index in [0.29, 0.717) is 23.6 Å². The Bertz CT molecular complexity index is 899. The van der Waals surface area contributed by atoms with E-state index < -0.39 is 6.04 Å². The third-order valence-corrected chi connectivity index (χ3v) is 5.16. The van der Waals surface area contributed by atoms with E-state index in [1.54, 1.807) is 32.4 Å². The van der Waals surface area contributed by atoms with Gasteiger partial charge in [-0.3, -0.25) is 9.59 Å². The summed E-state index contributed by atoms with van der Waals surface area (Å²) in [5.74, 6) is 0.664. The van der Waals surface area contributed by atoms with Crippen molar-refractivity contribution in [2.24, 2.45) is 5.92 Å². The van der Waals surface area contributed by atoms with Gasteiger partial charge < -0.3 is 20.1 Å². The second-order valence-corrected chi connectivity index (χ2v) is 8.93.